The van der Waals surface area contributed by atoms with E-state index in [1.165, 1.54) is 31.9 Å². The Hall–Kier alpha value is -7.61. The van der Waals surface area contributed by atoms with Crippen molar-refractivity contribution in [3.63, 3.8) is 0 Å². The minimum absolute atomic E-state index is 0.0451. The summed E-state index contributed by atoms with van der Waals surface area (Å²) in [4.78, 5) is 118. The highest BCUT2D eigenvalue weighted by molar-refractivity contribution is 6.30. The number of carbonyl (C=O) groups excluding carboxylic acids is 8. The van der Waals surface area contributed by atoms with Gasteiger partial charge in [-0.25, -0.2) is 0 Å². The second-order valence-electron chi connectivity index (χ2n) is 17.2. The summed E-state index contributed by atoms with van der Waals surface area (Å²) in [7, 11) is 0. The van der Waals surface area contributed by atoms with E-state index < -0.39 is 89.6 Å². The second kappa shape index (κ2) is 25.7. The highest BCUT2D eigenvalue weighted by Gasteiger charge is 2.39. The minimum Gasteiger partial charge on any atom is -0.370 e. The molecule has 1 saturated heterocycles. The number of nitrogens with zero attached hydrogens (tertiary/aromatic N) is 3. The summed E-state index contributed by atoms with van der Waals surface area (Å²) >= 11 is 6.17. The predicted octanol–water partition coefficient (Wildman–Crippen LogP) is 0.415. The number of aromatic nitrogens is 1. The van der Waals surface area contributed by atoms with E-state index in [2.05, 4.69) is 41.9 Å². The van der Waals surface area contributed by atoms with E-state index in [9.17, 15) is 38.4 Å². The Morgan fingerprint density at radius 3 is 1.93 bits per heavy atom. The van der Waals surface area contributed by atoms with Crippen molar-refractivity contribution >= 4 is 75.6 Å². The molecule has 1 aliphatic rings. The first-order chi connectivity index (χ1) is 33.4. The maximum Gasteiger partial charge on any atom is 0.245 e. The molecule has 1 aliphatic heterocycles. The summed E-state index contributed by atoms with van der Waals surface area (Å²) in [6, 6.07) is 17.0. The molecule has 1 fully saturated rings. The van der Waals surface area contributed by atoms with Crippen LogP contribution in [-0.4, -0.2) is 118 Å². The third-order valence-electron chi connectivity index (χ3n) is 11.6. The monoisotopic (exact) mass is 980 g/mol. The molecule has 1 aromatic heterocycles. The number of likely N-dealkylation sites (tertiary alicyclic amines) is 1. The van der Waals surface area contributed by atoms with Crippen LogP contribution < -0.4 is 49.1 Å². The van der Waals surface area contributed by atoms with Crippen molar-refractivity contribution in [2.75, 3.05) is 13.1 Å². The average molecular weight is 982 g/mol. The molecule has 7 atom stereocenters. The van der Waals surface area contributed by atoms with Gasteiger partial charge in [0.05, 0.1) is 0 Å². The molecule has 0 radical (unpaired) electrons. The van der Waals surface area contributed by atoms with Crippen LogP contribution in [0.15, 0.2) is 96.1 Å². The van der Waals surface area contributed by atoms with Gasteiger partial charge in [0.15, 0.2) is 5.96 Å². The molecule has 70 heavy (non-hydrogen) atoms. The highest BCUT2D eigenvalue weighted by Crippen LogP contribution is 2.21. The number of carbonyl (C=O) groups is 8. The average Bonchev–Trinajstić information content (AvgIpc) is 3.83. The first-order valence-electron chi connectivity index (χ1n) is 22.9. The van der Waals surface area contributed by atoms with Crippen molar-refractivity contribution in [2.24, 2.45) is 22.2 Å². The van der Waals surface area contributed by atoms with Gasteiger partial charge in [-0.1, -0.05) is 72.3 Å². The van der Waals surface area contributed by atoms with Crippen LogP contribution in [0.1, 0.15) is 63.3 Å². The zero-order chi connectivity index (χ0) is 50.9. The Bertz CT molecular complexity index is 2540. The maximum atomic E-state index is 14.5. The first kappa shape index (κ1) is 53.3. The Morgan fingerprint density at radius 1 is 0.686 bits per heavy atom. The molecule has 4 aromatic rings. The summed E-state index contributed by atoms with van der Waals surface area (Å²) in [5.74, 6) is -5.51. The molecule has 0 saturated carbocycles. The largest absolute Gasteiger partial charge is 0.370 e. The van der Waals surface area contributed by atoms with Gasteiger partial charge in [-0.15, -0.1) is 0 Å². The molecule has 20 nitrogen and oxygen atoms in total. The van der Waals surface area contributed by atoms with E-state index in [1.54, 1.807) is 42.5 Å². The van der Waals surface area contributed by atoms with Crippen LogP contribution in [0.3, 0.4) is 0 Å². The summed E-state index contributed by atoms with van der Waals surface area (Å²) in [5, 5.41) is 18.5. The van der Waals surface area contributed by atoms with E-state index in [-0.39, 0.29) is 51.2 Å². The number of nitrogens with two attached hydrogens (primary N) is 3. The molecule has 372 valence electrons. The van der Waals surface area contributed by atoms with E-state index in [4.69, 9.17) is 28.8 Å². The number of pyridine rings is 1. The van der Waals surface area contributed by atoms with Crippen molar-refractivity contribution in [3.05, 3.63) is 113 Å². The number of hydrogen-bond acceptors (Lipinski definition) is 10. The normalized spacial score (nSPS) is 15.7. The standard InChI is InChI=1S/C49H61ClN12O8/c1-28(42(51)64)56-47(69)41-14-9-23-62(41)48(70)37(13-8-22-55-49(52)53)59-43(65)29(2)57-44(66)40(27-36-12-6-7-21-54-36)61-46(68)39(25-31-16-19-35(50)20-17-31)60-45(67)38(58-30(3)63)26-32-15-18-33-10-4-5-11-34(33)24-32/h4-7,10-12,15-21,24,28-29,37-41H,8-9,13-14,22-23,25-27H2,1-3H3,(H2,51,64)(H,56,69)(H,57,66)(H,58,63)(H,59,65)(H,60,67)(H,61,68)(H4,52,53,55)/t28-,29+,37+,38-,39-,40-,41+/m1/s1. The van der Waals surface area contributed by atoms with Crippen molar-refractivity contribution in [3.8, 4) is 0 Å². The summed E-state index contributed by atoms with van der Waals surface area (Å²) in [5.41, 5.74) is 18.1. The number of amides is 8. The molecule has 0 bridgehead atoms. The number of rotatable bonds is 23. The smallest absolute Gasteiger partial charge is 0.245 e. The third kappa shape index (κ3) is 16.0. The van der Waals surface area contributed by atoms with Crippen LogP contribution in [0, 0.1) is 0 Å². The number of fused-ring (bicyclic) bond motifs is 1. The lowest BCUT2D eigenvalue weighted by molar-refractivity contribution is -0.142. The van der Waals surface area contributed by atoms with Crippen molar-refractivity contribution < 1.29 is 38.4 Å². The van der Waals surface area contributed by atoms with Gasteiger partial charge in [0, 0.05) is 56.2 Å². The minimum atomic E-state index is -1.35. The number of halogens is 1. The molecule has 0 unspecified atom stereocenters. The van der Waals surface area contributed by atoms with E-state index in [0.29, 0.717) is 29.1 Å². The molecular weight excluding hydrogens is 920 g/mol. The summed E-state index contributed by atoms with van der Waals surface area (Å²) in [6.07, 6.45) is 2.52. The lowest BCUT2D eigenvalue weighted by Gasteiger charge is -2.30. The van der Waals surface area contributed by atoms with Crippen LogP contribution in [0.4, 0.5) is 0 Å². The molecule has 21 heteroatoms. The number of benzene rings is 3. The van der Waals surface area contributed by atoms with Gasteiger partial charge < -0.3 is 54.0 Å². The first-order valence-corrected chi connectivity index (χ1v) is 23.3. The molecule has 5 rings (SSSR count). The Morgan fingerprint density at radius 2 is 1.29 bits per heavy atom. The van der Waals surface area contributed by atoms with Crippen molar-refractivity contribution in [1.82, 2.24) is 41.8 Å². The molecule has 8 amide bonds. The van der Waals surface area contributed by atoms with Crippen molar-refractivity contribution in [1.29, 1.82) is 0 Å². The van der Waals surface area contributed by atoms with Gasteiger partial charge >= 0.3 is 0 Å². The Kier molecular flexibility index (Phi) is 19.6. The molecule has 12 N–H and O–H groups in total. The molecular formula is C49H61ClN12O8. The maximum absolute atomic E-state index is 14.5. The highest BCUT2D eigenvalue weighted by atomic mass is 35.5. The van der Waals surface area contributed by atoms with Gasteiger partial charge in [-0.3, -0.25) is 48.3 Å². The summed E-state index contributed by atoms with van der Waals surface area (Å²) in [6.45, 7) is 4.43. The van der Waals surface area contributed by atoms with Crippen molar-refractivity contribution in [2.45, 2.75) is 108 Å². The predicted molar refractivity (Wildman–Crippen MR) is 263 cm³/mol. The van der Waals surface area contributed by atoms with E-state index in [0.717, 1.165) is 16.3 Å². The zero-order valence-electron chi connectivity index (χ0n) is 39.3. The lowest BCUT2D eigenvalue weighted by Crippen LogP contribution is -2.60. The molecule has 2 heterocycles. The van der Waals surface area contributed by atoms with Crippen LogP contribution in [0.5, 0.6) is 0 Å². The molecule has 0 aliphatic carbocycles. The number of nitrogens with one attached hydrogen (secondary N) is 6. The van der Waals surface area contributed by atoms with E-state index in [1.807, 2.05) is 42.5 Å². The van der Waals surface area contributed by atoms with Gasteiger partial charge in [-0.05, 0) is 85.7 Å². The Balaban J connectivity index is 1.36. The number of guanidine groups is 1. The fourth-order valence-electron chi connectivity index (χ4n) is 7.92. The quantitative estimate of drug-likeness (QED) is 0.0279. The van der Waals surface area contributed by atoms with Crippen LogP contribution in [0.2, 0.25) is 5.02 Å². The fourth-order valence-corrected chi connectivity index (χ4v) is 8.05. The number of aliphatic imine (C=N–C) groups is 1. The summed E-state index contributed by atoms with van der Waals surface area (Å²) < 4.78 is 0. The lowest BCUT2D eigenvalue weighted by atomic mass is 9.99. The topological polar surface area (TPSA) is 315 Å². The van der Waals surface area contributed by atoms with Gasteiger partial charge in [0.2, 0.25) is 47.3 Å². The zero-order valence-corrected chi connectivity index (χ0v) is 40.0. The Labute approximate surface area is 410 Å². The van der Waals surface area contributed by atoms with Gasteiger partial charge in [0.25, 0.3) is 0 Å². The van der Waals surface area contributed by atoms with Crippen LogP contribution >= 0.6 is 11.6 Å². The number of hydrogen-bond donors (Lipinski definition) is 9. The fraction of sp³-hybridized carbons (Fsp3) is 0.388. The third-order valence-corrected chi connectivity index (χ3v) is 11.9. The second-order valence-corrected chi connectivity index (χ2v) is 17.6. The van der Waals surface area contributed by atoms with Crippen LogP contribution in [-0.2, 0) is 57.6 Å². The molecule has 0 spiro atoms. The van der Waals surface area contributed by atoms with Gasteiger partial charge in [-0.2, -0.15) is 0 Å². The van der Waals surface area contributed by atoms with Crippen LogP contribution in [0.25, 0.3) is 10.8 Å². The number of primary amides is 1. The SMILES string of the molecule is CC(=O)N[C@H](Cc1ccc2ccccc2c1)C(=O)N[C@H](Cc1ccc(Cl)cc1)C(=O)N[C@H](Cc1ccccn1)C(=O)N[C@@H](C)C(=O)N[C@@H](CCCN=C(N)N)C(=O)N1CCC[C@H]1C(=O)N[C@H](C)C(N)=O. The van der Waals surface area contributed by atoms with E-state index >= 15 is 0 Å². The van der Waals surface area contributed by atoms with Gasteiger partial charge in [0.1, 0.15) is 42.3 Å². The molecule has 3 aromatic carbocycles.